The summed E-state index contributed by atoms with van der Waals surface area (Å²) in [7, 11) is 0. The first-order valence-electron chi connectivity index (χ1n) is 7.07. The first-order valence-corrected chi connectivity index (χ1v) is 7.07. The summed E-state index contributed by atoms with van der Waals surface area (Å²) in [6.45, 7) is -0.371. The van der Waals surface area contributed by atoms with E-state index in [4.69, 9.17) is 0 Å². The summed E-state index contributed by atoms with van der Waals surface area (Å²) >= 11 is 0. The summed E-state index contributed by atoms with van der Waals surface area (Å²) in [4.78, 5) is 12.3. The van der Waals surface area contributed by atoms with Gasteiger partial charge in [-0.25, -0.2) is 0 Å². The number of nitrogens with one attached hydrogen (secondary N) is 1. The van der Waals surface area contributed by atoms with Crippen molar-refractivity contribution in [3.05, 3.63) is 41.7 Å². The van der Waals surface area contributed by atoms with Crippen LogP contribution in [0.4, 0.5) is 27.6 Å². The molecule has 1 heterocycles. The summed E-state index contributed by atoms with van der Waals surface area (Å²) in [5.41, 5.74) is -1.02. The van der Waals surface area contributed by atoms with Gasteiger partial charge < -0.3 is 10.1 Å². The zero-order valence-electron chi connectivity index (χ0n) is 13.1. The molecule has 0 radical (unpaired) electrons. The van der Waals surface area contributed by atoms with Crippen LogP contribution in [-0.4, -0.2) is 22.3 Å². The average Bonchev–Trinajstić information content (AvgIpc) is 2.90. The van der Waals surface area contributed by atoms with Gasteiger partial charge in [0.15, 0.2) is 5.69 Å². The normalized spacial score (nSPS) is 13.0. The molecule has 1 aromatic heterocycles. The number of carbonyl (C=O) groups excluding carboxylic acids is 1. The summed E-state index contributed by atoms with van der Waals surface area (Å²) in [6.07, 6.45) is -4.64. The van der Waals surface area contributed by atoms with Crippen molar-refractivity contribution < 1.29 is 31.5 Å². The second kappa shape index (κ2) is 7.08. The average molecular weight is 363 g/mol. The number of aromatic nitrogens is 2. The van der Waals surface area contributed by atoms with E-state index >= 15 is 0 Å². The molecule has 1 N–H and O–H groups in total. The first kappa shape index (κ1) is 18.7. The highest BCUT2D eigenvalue weighted by Crippen LogP contribution is 2.30. The Morgan fingerprint density at radius 1 is 1.28 bits per heavy atom. The number of rotatable bonds is 5. The highest BCUT2D eigenvalue weighted by Gasteiger charge is 2.35. The maximum absolute atomic E-state index is 12.7. The lowest BCUT2D eigenvalue weighted by molar-refractivity contribution is -0.141. The first-order chi connectivity index (χ1) is 11.6. The Labute approximate surface area is 139 Å². The van der Waals surface area contributed by atoms with Crippen molar-refractivity contribution >= 4 is 11.6 Å². The fraction of sp³-hybridized carbons (Fsp3) is 0.333. The molecule has 1 atom stereocenters. The predicted molar refractivity (Wildman–Crippen MR) is 78.4 cm³/mol. The molecule has 0 bridgehead atoms. The number of carbonyl (C=O) groups is 1. The molecule has 2 aromatic rings. The Morgan fingerprint density at radius 3 is 2.48 bits per heavy atom. The van der Waals surface area contributed by atoms with Gasteiger partial charge in [-0.05, 0) is 32.0 Å². The summed E-state index contributed by atoms with van der Waals surface area (Å²) < 4.78 is 68.1. The quantitative estimate of drug-likeness (QED) is 0.817. The second-order valence-corrected chi connectivity index (χ2v) is 5.15. The van der Waals surface area contributed by atoms with E-state index in [1.54, 1.807) is 0 Å². The molecular formula is C15H14F5N3O2. The van der Waals surface area contributed by atoms with Gasteiger partial charge in [0.1, 0.15) is 11.8 Å². The van der Waals surface area contributed by atoms with Crippen LogP contribution in [0.15, 0.2) is 30.3 Å². The van der Waals surface area contributed by atoms with Crippen molar-refractivity contribution in [3.63, 3.8) is 0 Å². The summed E-state index contributed by atoms with van der Waals surface area (Å²) in [5, 5.41) is 5.74. The molecule has 10 heteroatoms. The summed E-state index contributed by atoms with van der Waals surface area (Å²) in [6, 6.07) is 5.20. The lowest BCUT2D eigenvalue weighted by Gasteiger charge is -2.16. The Kier molecular flexibility index (Phi) is 5.29. The largest absolute Gasteiger partial charge is 0.435 e. The maximum Gasteiger partial charge on any atom is 0.435 e. The van der Waals surface area contributed by atoms with Crippen LogP contribution in [-0.2, 0) is 11.0 Å². The van der Waals surface area contributed by atoms with Gasteiger partial charge in [-0.1, -0.05) is 12.1 Å². The van der Waals surface area contributed by atoms with Crippen molar-refractivity contribution in [2.24, 2.45) is 0 Å². The molecule has 0 saturated heterocycles. The monoisotopic (exact) mass is 363 g/mol. The molecule has 0 aliphatic carbocycles. The fourth-order valence-electron chi connectivity index (χ4n) is 2.14. The minimum atomic E-state index is -4.64. The Balaban J connectivity index is 2.21. The second-order valence-electron chi connectivity index (χ2n) is 5.15. The lowest BCUT2D eigenvalue weighted by Crippen LogP contribution is -2.26. The van der Waals surface area contributed by atoms with E-state index < -0.39 is 30.4 Å². The van der Waals surface area contributed by atoms with Gasteiger partial charge in [0.25, 0.3) is 0 Å². The van der Waals surface area contributed by atoms with E-state index in [9.17, 15) is 26.7 Å². The van der Waals surface area contributed by atoms with Gasteiger partial charge in [-0.2, -0.15) is 27.1 Å². The van der Waals surface area contributed by atoms with Crippen LogP contribution < -0.4 is 10.1 Å². The summed E-state index contributed by atoms with van der Waals surface area (Å²) in [5.74, 6) is -0.989. The minimum Gasteiger partial charge on any atom is -0.433 e. The number of amides is 1. The third-order valence-corrected chi connectivity index (χ3v) is 3.32. The third kappa shape index (κ3) is 4.46. The predicted octanol–water partition coefficient (Wildman–Crippen LogP) is 4.01. The van der Waals surface area contributed by atoms with Gasteiger partial charge >= 0.3 is 12.8 Å². The zero-order chi connectivity index (χ0) is 18.8. The zero-order valence-corrected chi connectivity index (χ0v) is 13.1. The van der Waals surface area contributed by atoms with E-state index in [0.717, 1.165) is 10.7 Å². The smallest absolute Gasteiger partial charge is 0.433 e. The van der Waals surface area contributed by atoms with Crippen LogP contribution in [0, 0.1) is 6.92 Å². The van der Waals surface area contributed by atoms with Crippen LogP contribution in [0.2, 0.25) is 0 Å². The highest BCUT2D eigenvalue weighted by molar-refractivity contribution is 5.94. The number of nitrogens with zero attached hydrogens (tertiary/aromatic N) is 2. The molecular weight excluding hydrogens is 349 g/mol. The number of hydrogen-bond acceptors (Lipinski definition) is 3. The SMILES string of the molecule is Cc1cc(C(F)(F)F)nn1C(C)C(=O)Nc1ccccc1OC(F)F. The van der Waals surface area contributed by atoms with Crippen molar-refractivity contribution in [2.45, 2.75) is 32.7 Å². The van der Waals surface area contributed by atoms with E-state index in [1.807, 2.05) is 0 Å². The number of hydrogen-bond donors (Lipinski definition) is 1. The molecule has 0 spiro atoms. The fourth-order valence-corrected chi connectivity index (χ4v) is 2.14. The van der Waals surface area contributed by atoms with E-state index in [-0.39, 0.29) is 17.1 Å². The topological polar surface area (TPSA) is 56.2 Å². The lowest BCUT2D eigenvalue weighted by atomic mass is 10.2. The van der Waals surface area contributed by atoms with Gasteiger partial charge in [0.2, 0.25) is 5.91 Å². The van der Waals surface area contributed by atoms with Gasteiger partial charge in [-0.3, -0.25) is 9.48 Å². The molecule has 0 aliphatic heterocycles. The van der Waals surface area contributed by atoms with Crippen LogP contribution in [0.1, 0.15) is 24.4 Å². The highest BCUT2D eigenvalue weighted by atomic mass is 19.4. The van der Waals surface area contributed by atoms with Gasteiger partial charge in [0, 0.05) is 5.69 Å². The van der Waals surface area contributed by atoms with Crippen molar-refractivity contribution in [2.75, 3.05) is 5.32 Å². The maximum atomic E-state index is 12.7. The molecule has 2 rings (SSSR count). The van der Waals surface area contributed by atoms with E-state index in [1.165, 1.54) is 38.1 Å². The molecule has 1 unspecified atom stereocenters. The van der Waals surface area contributed by atoms with Crippen LogP contribution >= 0.6 is 0 Å². The standard InChI is InChI=1S/C15H14F5N3O2/c1-8-7-12(15(18,19)20)22-23(8)9(2)13(24)21-10-5-3-4-6-11(10)25-14(16)17/h3-7,9,14H,1-2H3,(H,21,24). The van der Waals surface area contributed by atoms with Crippen molar-refractivity contribution in [1.29, 1.82) is 0 Å². The minimum absolute atomic E-state index is 0.0273. The van der Waals surface area contributed by atoms with Crippen LogP contribution in [0.25, 0.3) is 0 Å². The van der Waals surface area contributed by atoms with Gasteiger partial charge in [0.05, 0.1) is 5.69 Å². The number of alkyl halides is 5. The molecule has 136 valence electrons. The molecule has 5 nitrogen and oxygen atoms in total. The molecule has 25 heavy (non-hydrogen) atoms. The third-order valence-electron chi connectivity index (χ3n) is 3.32. The molecule has 0 aliphatic rings. The number of aryl methyl sites for hydroxylation is 1. The Hall–Kier alpha value is -2.65. The number of anilines is 1. The molecule has 0 saturated carbocycles. The molecule has 0 fully saturated rings. The molecule has 1 aromatic carbocycles. The van der Waals surface area contributed by atoms with Crippen LogP contribution in [0.3, 0.4) is 0 Å². The van der Waals surface area contributed by atoms with Crippen molar-refractivity contribution in [3.8, 4) is 5.75 Å². The number of ether oxygens (including phenoxy) is 1. The van der Waals surface area contributed by atoms with E-state index in [2.05, 4.69) is 15.2 Å². The Morgan fingerprint density at radius 2 is 1.92 bits per heavy atom. The van der Waals surface area contributed by atoms with Crippen LogP contribution in [0.5, 0.6) is 5.75 Å². The number of benzene rings is 1. The Bertz CT molecular complexity index is 758. The molecule has 1 amide bonds. The van der Waals surface area contributed by atoms with Gasteiger partial charge in [-0.15, -0.1) is 0 Å². The number of para-hydroxylation sites is 2. The van der Waals surface area contributed by atoms with Crippen molar-refractivity contribution in [1.82, 2.24) is 9.78 Å². The van der Waals surface area contributed by atoms with E-state index in [0.29, 0.717) is 0 Å². The number of halogens is 5.